The first kappa shape index (κ1) is 20.3. The standard InChI is InChI=1S/C22H24N4O3S/c1-16-6-7-20(14-17(16)2)30(27,28)25-19-5-3-4-18(15-19)21-8-9-22(24-23-21)26-10-12-29-13-11-26/h3-9,14-15,25H,10-13H2,1-2H3. The van der Waals surface area contributed by atoms with E-state index in [1.807, 2.05) is 38.1 Å². The molecule has 0 atom stereocenters. The molecule has 1 aliphatic rings. The smallest absolute Gasteiger partial charge is 0.261 e. The molecule has 0 radical (unpaired) electrons. The normalized spacial score (nSPS) is 14.5. The lowest BCUT2D eigenvalue weighted by molar-refractivity contribution is 0.122. The Labute approximate surface area is 176 Å². The van der Waals surface area contributed by atoms with Crippen molar-refractivity contribution >= 4 is 21.5 Å². The molecule has 7 nitrogen and oxygen atoms in total. The van der Waals surface area contributed by atoms with Gasteiger partial charge in [0.25, 0.3) is 10.0 Å². The van der Waals surface area contributed by atoms with Crippen LogP contribution in [0, 0.1) is 13.8 Å². The number of anilines is 2. The number of aromatic nitrogens is 2. The summed E-state index contributed by atoms with van der Waals surface area (Å²) in [5, 5.41) is 8.66. The zero-order chi connectivity index (χ0) is 21.1. The van der Waals surface area contributed by atoms with Crippen LogP contribution in [0.2, 0.25) is 0 Å². The first-order valence-corrected chi connectivity index (χ1v) is 11.3. The number of hydrogen-bond acceptors (Lipinski definition) is 6. The third-order valence-electron chi connectivity index (χ3n) is 5.18. The minimum absolute atomic E-state index is 0.241. The summed E-state index contributed by atoms with van der Waals surface area (Å²) in [4.78, 5) is 2.37. The number of benzene rings is 2. The largest absolute Gasteiger partial charge is 0.378 e. The number of ether oxygens (including phenoxy) is 1. The first-order chi connectivity index (χ1) is 14.4. The molecular weight excluding hydrogens is 400 g/mol. The molecule has 3 aromatic rings. The minimum atomic E-state index is -3.68. The molecule has 1 saturated heterocycles. The number of nitrogens with one attached hydrogen (secondary N) is 1. The number of morpholine rings is 1. The summed E-state index contributed by atoms with van der Waals surface area (Å²) < 4.78 is 33.6. The second kappa shape index (κ2) is 8.41. The highest BCUT2D eigenvalue weighted by Gasteiger charge is 2.16. The fraction of sp³-hybridized carbons (Fsp3) is 0.273. The van der Waals surface area contributed by atoms with Crippen LogP contribution in [0.25, 0.3) is 11.3 Å². The molecule has 1 fully saturated rings. The van der Waals surface area contributed by atoms with Gasteiger partial charge in [-0.1, -0.05) is 18.2 Å². The van der Waals surface area contributed by atoms with Gasteiger partial charge in [-0.25, -0.2) is 8.42 Å². The summed E-state index contributed by atoms with van der Waals surface area (Å²) in [6, 6.07) is 16.1. The Kier molecular flexibility index (Phi) is 5.69. The van der Waals surface area contributed by atoms with Crippen LogP contribution in [0.1, 0.15) is 11.1 Å². The van der Waals surface area contributed by atoms with E-state index in [4.69, 9.17) is 4.74 Å². The molecule has 0 bridgehead atoms. The molecule has 8 heteroatoms. The summed E-state index contributed by atoms with van der Waals surface area (Å²) in [5.74, 6) is 0.814. The maximum Gasteiger partial charge on any atom is 0.261 e. The van der Waals surface area contributed by atoms with Crippen LogP contribution in [0.4, 0.5) is 11.5 Å². The van der Waals surface area contributed by atoms with Crippen molar-refractivity contribution in [3.8, 4) is 11.3 Å². The van der Waals surface area contributed by atoms with E-state index < -0.39 is 10.0 Å². The van der Waals surface area contributed by atoms with Crippen molar-refractivity contribution in [1.82, 2.24) is 10.2 Å². The van der Waals surface area contributed by atoms with Gasteiger partial charge in [0.05, 0.1) is 23.8 Å². The third-order valence-corrected chi connectivity index (χ3v) is 6.56. The van der Waals surface area contributed by atoms with Gasteiger partial charge >= 0.3 is 0 Å². The highest BCUT2D eigenvalue weighted by Crippen LogP contribution is 2.24. The van der Waals surface area contributed by atoms with Crippen molar-refractivity contribution < 1.29 is 13.2 Å². The number of aryl methyl sites for hydroxylation is 2. The van der Waals surface area contributed by atoms with Gasteiger partial charge < -0.3 is 9.64 Å². The SMILES string of the molecule is Cc1ccc(S(=O)(=O)Nc2cccc(-c3ccc(N4CCOCC4)nn3)c2)cc1C. The van der Waals surface area contributed by atoms with Crippen LogP contribution < -0.4 is 9.62 Å². The molecule has 156 valence electrons. The molecule has 1 N–H and O–H groups in total. The molecule has 0 spiro atoms. The summed E-state index contributed by atoms with van der Waals surface area (Å²) in [6.45, 7) is 6.81. The zero-order valence-corrected chi connectivity index (χ0v) is 17.8. The minimum Gasteiger partial charge on any atom is -0.378 e. The maximum atomic E-state index is 12.8. The fourth-order valence-corrected chi connectivity index (χ4v) is 4.41. The van der Waals surface area contributed by atoms with Gasteiger partial charge in [-0.15, -0.1) is 10.2 Å². The Balaban J connectivity index is 1.54. The lowest BCUT2D eigenvalue weighted by Gasteiger charge is -2.27. The Morgan fingerprint density at radius 3 is 2.43 bits per heavy atom. The average Bonchev–Trinajstić information content (AvgIpc) is 2.76. The van der Waals surface area contributed by atoms with Crippen LogP contribution in [0.3, 0.4) is 0 Å². The molecular formula is C22H24N4O3S. The lowest BCUT2D eigenvalue weighted by Crippen LogP contribution is -2.36. The van der Waals surface area contributed by atoms with Gasteiger partial charge in [-0.3, -0.25) is 4.72 Å². The Morgan fingerprint density at radius 2 is 1.73 bits per heavy atom. The molecule has 0 amide bonds. The molecule has 2 heterocycles. The van der Waals surface area contributed by atoms with Gasteiger partial charge in [0, 0.05) is 24.3 Å². The van der Waals surface area contributed by atoms with Gasteiger partial charge in [-0.05, 0) is 61.4 Å². The molecule has 30 heavy (non-hydrogen) atoms. The third kappa shape index (κ3) is 4.44. The Bertz CT molecular complexity index is 1140. The van der Waals surface area contributed by atoms with E-state index in [-0.39, 0.29) is 4.90 Å². The lowest BCUT2D eigenvalue weighted by atomic mass is 10.1. The molecule has 1 aromatic heterocycles. The van der Waals surface area contributed by atoms with Crippen LogP contribution in [-0.2, 0) is 14.8 Å². The summed E-state index contributed by atoms with van der Waals surface area (Å²) in [7, 11) is -3.68. The van der Waals surface area contributed by atoms with E-state index in [0.29, 0.717) is 24.6 Å². The fourth-order valence-electron chi connectivity index (χ4n) is 3.28. The monoisotopic (exact) mass is 424 g/mol. The van der Waals surface area contributed by atoms with Crippen molar-refractivity contribution in [2.24, 2.45) is 0 Å². The van der Waals surface area contributed by atoms with E-state index in [1.165, 1.54) is 0 Å². The molecule has 0 unspecified atom stereocenters. The number of sulfonamides is 1. The number of hydrogen-bond donors (Lipinski definition) is 1. The second-order valence-corrected chi connectivity index (χ2v) is 8.99. The van der Waals surface area contributed by atoms with E-state index in [0.717, 1.165) is 35.6 Å². The van der Waals surface area contributed by atoms with E-state index >= 15 is 0 Å². The Hall–Kier alpha value is -2.97. The van der Waals surface area contributed by atoms with E-state index in [9.17, 15) is 8.42 Å². The van der Waals surface area contributed by atoms with Crippen molar-refractivity contribution in [2.45, 2.75) is 18.7 Å². The molecule has 0 saturated carbocycles. The summed E-state index contributed by atoms with van der Waals surface area (Å²) in [6.07, 6.45) is 0. The maximum absolute atomic E-state index is 12.8. The van der Waals surface area contributed by atoms with Gasteiger partial charge in [0.1, 0.15) is 0 Å². The van der Waals surface area contributed by atoms with Crippen LogP contribution in [0.5, 0.6) is 0 Å². The quantitative estimate of drug-likeness (QED) is 0.676. The number of nitrogens with zero attached hydrogens (tertiary/aromatic N) is 3. The van der Waals surface area contributed by atoms with Crippen molar-refractivity contribution in [3.05, 3.63) is 65.7 Å². The van der Waals surface area contributed by atoms with Crippen molar-refractivity contribution in [1.29, 1.82) is 0 Å². The number of rotatable bonds is 5. The summed E-state index contributed by atoms with van der Waals surface area (Å²) in [5.41, 5.74) is 3.93. The van der Waals surface area contributed by atoms with Crippen LogP contribution in [-0.4, -0.2) is 44.9 Å². The molecule has 1 aliphatic heterocycles. The predicted molar refractivity (Wildman–Crippen MR) is 117 cm³/mol. The first-order valence-electron chi connectivity index (χ1n) is 9.79. The second-order valence-electron chi connectivity index (χ2n) is 7.31. The van der Waals surface area contributed by atoms with Crippen LogP contribution in [0.15, 0.2) is 59.5 Å². The van der Waals surface area contributed by atoms with Crippen molar-refractivity contribution in [3.63, 3.8) is 0 Å². The van der Waals surface area contributed by atoms with Gasteiger partial charge in [-0.2, -0.15) is 0 Å². The average molecular weight is 425 g/mol. The Morgan fingerprint density at radius 1 is 0.933 bits per heavy atom. The predicted octanol–water partition coefficient (Wildman–Crippen LogP) is 3.40. The van der Waals surface area contributed by atoms with Crippen molar-refractivity contribution in [2.75, 3.05) is 35.9 Å². The molecule has 2 aromatic carbocycles. The van der Waals surface area contributed by atoms with E-state index in [1.54, 1.807) is 30.3 Å². The highest BCUT2D eigenvalue weighted by molar-refractivity contribution is 7.92. The molecule has 4 rings (SSSR count). The molecule has 0 aliphatic carbocycles. The van der Waals surface area contributed by atoms with Crippen LogP contribution >= 0.6 is 0 Å². The van der Waals surface area contributed by atoms with E-state index in [2.05, 4.69) is 19.8 Å². The topological polar surface area (TPSA) is 84.4 Å². The zero-order valence-electron chi connectivity index (χ0n) is 17.0. The summed E-state index contributed by atoms with van der Waals surface area (Å²) >= 11 is 0. The van der Waals surface area contributed by atoms with Gasteiger partial charge in [0.15, 0.2) is 5.82 Å². The van der Waals surface area contributed by atoms with Gasteiger partial charge in [0.2, 0.25) is 0 Å². The highest BCUT2D eigenvalue weighted by atomic mass is 32.2.